The van der Waals surface area contributed by atoms with Gasteiger partial charge in [0.2, 0.25) is 0 Å². The largest absolute Gasteiger partial charge is 0.278 e. The summed E-state index contributed by atoms with van der Waals surface area (Å²) in [4.78, 5) is 0. The molecule has 1 heterocycles. The van der Waals surface area contributed by atoms with Crippen LogP contribution in [0.15, 0.2) is 60.2 Å². The highest BCUT2D eigenvalue weighted by Crippen LogP contribution is 2.23. The SMILES string of the molecule is C=C1NN=C(c2ccc(C)cc2)c2ccccc21.CC.CC. The van der Waals surface area contributed by atoms with E-state index in [1.807, 2.05) is 39.8 Å². The van der Waals surface area contributed by atoms with Crippen LogP contribution in [-0.2, 0) is 0 Å². The second-order valence-electron chi connectivity index (χ2n) is 4.46. The molecule has 0 bridgehead atoms. The zero-order valence-electron chi connectivity index (χ0n) is 14.3. The number of rotatable bonds is 1. The van der Waals surface area contributed by atoms with E-state index in [1.54, 1.807) is 0 Å². The molecule has 0 amide bonds. The van der Waals surface area contributed by atoms with Crippen molar-refractivity contribution in [3.05, 3.63) is 77.4 Å². The lowest BCUT2D eigenvalue weighted by atomic mass is 9.95. The second-order valence-corrected chi connectivity index (χ2v) is 4.46. The normalized spacial score (nSPS) is 11.7. The summed E-state index contributed by atoms with van der Waals surface area (Å²) < 4.78 is 0. The van der Waals surface area contributed by atoms with E-state index in [2.05, 4.69) is 60.4 Å². The van der Waals surface area contributed by atoms with Gasteiger partial charge in [-0.2, -0.15) is 5.10 Å². The third-order valence-corrected chi connectivity index (χ3v) is 3.13. The molecule has 0 atom stereocenters. The highest BCUT2D eigenvalue weighted by atomic mass is 15.3. The summed E-state index contributed by atoms with van der Waals surface area (Å²) in [6, 6.07) is 16.6. The monoisotopic (exact) mass is 294 g/mol. The average Bonchev–Trinajstić information content (AvgIpc) is 2.60. The van der Waals surface area contributed by atoms with Crippen LogP contribution in [0.2, 0.25) is 0 Å². The lowest BCUT2D eigenvalue weighted by molar-refractivity contribution is 0.978. The third-order valence-electron chi connectivity index (χ3n) is 3.13. The Labute approximate surface area is 134 Å². The number of hydrogen-bond donors (Lipinski definition) is 1. The van der Waals surface area contributed by atoms with Crippen LogP contribution in [0.25, 0.3) is 5.70 Å². The van der Waals surface area contributed by atoms with Crippen LogP contribution in [0.4, 0.5) is 0 Å². The van der Waals surface area contributed by atoms with Gasteiger partial charge >= 0.3 is 0 Å². The van der Waals surface area contributed by atoms with Crippen molar-refractivity contribution in [1.29, 1.82) is 0 Å². The summed E-state index contributed by atoms with van der Waals surface area (Å²) in [5.74, 6) is 0. The molecule has 0 radical (unpaired) electrons. The van der Waals surface area contributed by atoms with Gasteiger partial charge in [-0.15, -0.1) is 0 Å². The first-order valence-corrected chi connectivity index (χ1v) is 7.95. The molecular formula is C20H26N2. The van der Waals surface area contributed by atoms with Gasteiger partial charge in [0.25, 0.3) is 0 Å². The highest BCUT2D eigenvalue weighted by molar-refractivity contribution is 6.16. The van der Waals surface area contributed by atoms with Gasteiger partial charge in [-0.3, -0.25) is 5.43 Å². The fourth-order valence-electron chi connectivity index (χ4n) is 2.13. The van der Waals surface area contributed by atoms with E-state index in [1.165, 1.54) is 5.56 Å². The molecule has 0 aromatic heterocycles. The van der Waals surface area contributed by atoms with E-state index in [0.717, 1.165) is 28.1 Å². The standard InChI is InChI=1S/C16H14N2.2C2H6/c1-11-7-9-13(10-8-11)16-15-6-4-3-5-14(15)12(2)17-18-16;2*1-2/h3-10,17H,2H2,1H3;2*1-2H3. The Kier molecular flexibility index (Phi) is 7.11. The van der Waals surface area contributed by atoms with Crippen molar-refractivity contribution in [3.63, 3.8) is 0 Å². The second kappa shape index (κ2) is 8.83. The van der Waals surface area contributed by atoms with Crippen LogP contribution >= 0.6 is 0 Å². The van der Waals surface area contributed by atoms with Crippen molar-refractivity contribution >= 4 is 11.4 Å². The summed E-state index contributed by atoms with van der Waals surface area (Å²) in [6.45, 7) is 14.1. The van der Waals surface area contributed by atoms with E-state index < -0.39 is 0 Å². The molecule has 2 aromatic carbocycles. The van der Waals surface area contributed by atoms with Crippen molar-refractivity contribution in [3.8, 4) is 0 Å². The first-order chi connectivity index (χ1) is 10.8. The van der Waals surface area contributed by atoms with Crippen molar-refractivity contribution in [2.45, 2.75) is 34.6 Å². The van der Waals surface area contributed by atoms with E-state index >= 15 is 0 Å². The lowest BCUT2D eigenvalue weighted by Crippen LogP contribution is -2.19. The van der Waals surface area contributed by atoms with Gasteiger partial charge in [-0.05, 0) is 6.92 Å². The lowest BCUT2D eigenvalue weighted by Gasteiger charge is -2.19. The zero-order valence-corrected chi connectivity index (χ0v) is 14.3. The van der Waals surface area contributed by atoms with Crippen LogP contribution in [-0.4, -0.2) is 5.71 Å². The number of nitrogens with one attached hydrogen (secondary N) is 1. The van der Waals surface area contributed by atoms with Crippen molar-refractivity contribution < 1.29 is 0 Å². The average molecular weight is 294 g/mol. The summed E-state index contributed by atoms with van der Waals surface area (Å²) in [5.41, 5.74) is 9.43. The van der Waals surface area contributed by atoms with Crippen LogP contribution in [0, 0.1) is 6.92 Å². The summed E-state index contributed by atoms with van der Waals surface area (Å²) in [7, 11) is 0. The zero-order chi connectivity index (χ0) is 16.5. The molecule has 2 nitrogen and oxygen atoms in total. The Balaban J connectivity index is 0.000000561. The molecule has 1 N–H and O–H groups in total. The minimum absolute atomic E-state index is 0.849. The minimum atomic E-state index is 0.849. The quantitative estimate of drug-likeness (QED) is 0.751. The molecule has 3 rings (SSSR count). The van der Waals surface area contributed by atoms with Gasteiger partial charge in [-0.1, -0.05) is 88.4 Å². The molecule has 1 aliphatic heterocycles. The summed E-state index contributed by atoms with van der Waals surface area (Å²) >= 11 is 0. The Bertz CT molecular complexity index is 637. The van der Waals surface area contributed by atoms with Gasteiger partial charge < -0.3 is 0 Å². The Morgan fingerprint density at radius 3 is 1.95 bits per heavy atom. The van der Waals surface area contributed by atoms with Gasteiger partial charge in [0.15, 0.2) is 0 Å². The number of hydrazone groups is 1. The maximum Gasteiger partial charge on any atom is 0.0984 e. The number of hydrogen-bond acceptors (Lipinski definition) is 2. The van der Waals surface area contributed by atoms with Crippen LogP contribution < -0.4 is 5.43 Å². The first kappa shape index (κ1) is 17.7. The number of aryl methyl sites for hydroxylation is 1. The van der Waals surface area contributed by atoms with Crippen molar-refractivity contribution in [1.82, 2.24) is 5.43 Å². The topological polar surface area (TPSA) is 24.4 Å². The molecule has 0 spiro atoms. The molecule has 0 saturated heterocycles. The molecular weight excluding hydrogens is 268 g/mol. The van der Waals surface area contributed by atoms with Crippen molar-refractivity contribution in [2.75, 3.05) is 0 Å². The van der Waals surface area contributed by atoms with Crippen LogP contribution in [0.5, 0.6) is 0 Å². The van der Waals surface area contributed by atoms with E-state index in [0.29, 0.717) is 0 Å². The molecule has 0 saturated carbocycles. The van der Waals surface area contributed by atoms with Gasteiger partial charge in [0, 0.05) is 16.7 Å². The number of benzene rings is 2. The predicted molar refractivity (Wildman–Crippen MR) is 98.1 cm³/mol. The van der Waals surface area contributed by atoms with Crippen LogP contribution in [0.3, 0.4) is 0 Å². The molecule has 22 heavy (non-hydrogen) atoms. The molecule has 2 heteroatoms. The van der Waals surface area contributed by atoms with E-state index in [-0.39, 0.29) is 0 Å². The van der Waals surface area contributed by atoms with Crippen molar-refractivity contribution in [2.24, 2.45) is 5.10 Å². The molecule has 0 unspecified atom stereocenters. The Morgan fingerprint density at radius 2 is 1.36 bits per heavy atom. The molecule has 116 valence electrons. The highest BCUT2D eigenvalue weighted by Gasteiger charge is 2.17. The number of nitrogens with zero attached hydrogens (tertiary/aromatic N) is 1. The Morgan fingerprint density at radius 1 is 0.818 bits per heavy atom. The maximum absolute atomic E-state index is 4.42. The minimum Gasteiger partial charge on any atom is -0.278 e. The van der Waals surface area contributed by atoms with Gasteiger partial charge in [0.1, 0.15) is 0 Å². The summed E-state index contributed by atoms with van der Waals surface area (Å²) in [5, 5.41) is 4.42. The first-order valence-electron chi connectivity index (χ1n) is 7.95. The molecule has 2 aromatic rings. The van der Waals surface area contributed by atoms with E-state index in [9.17, 15) is 0 Å². The van der Waals surface area contributed by atoms with E-state index in [4.69, 9.17) is 0 Å². The molecule has 0 fully saturated rings. The third kappa shape index (κ3) is 3.85. The van der Waals surface area contributed by atoms with Gasteiger partial charge in [0.05, 0.1) is 11.4 Å². The van der Waals surface area contributed by atoms with Gasteiger partial charge in [-0.25, -0.2) is 0 Å². The fraction of sp³-hybridized carbons (Fsp3) is 0.250. The number of fused-ring (bicyclic) bond motifs is 1. The maximum atomic E-state index is 4.42. The molecule has 1 aliphatic rings. The Hall–Kier alpha value is -2.35. The molecule has 0 aliphatic carbocycles. The fourth-order valence-corrected chi connectivity index (χ4v) is 2.13. The smallest absolute Gasteiger partial charge is 0.0984 e. The predicted octanol–water partition coefficient (Wildman–Crippen LogP) is 5.37. The summed E-state index contributed by atoms with van der Waals surface area (Å²) in [6.07, 6.45) is 0. The van der Waals surface area contributed by atoms with Crippen LogP contribution in [0.1, 0.15) is 49.9 Å².